The second kappa shape index (κ2) is 8.59. The van der Waals surface area contributed by atoms with Gasteiger partial charge in [-0.05, 0) is 18.6 Å². The number of hydrogen-bond acceptors (Lipinski definition) is 3. The Morgan fingerprint density at radius 2 is 1.89 bits per heavy atom. The van der Waals surface area contributed by atoms with Gasteiger partial charge in [0.1, 0.15) is 11.5 Å². The number of hydrogen-bond donors (Lipinski definition) is 2. The van der Waals surface area contributed by atoms with Crippen LogP contribution in [0.5, 0.6) is 11.5 Å². The second-order valence-electron chi connectivity index (χ2n) is 7.46. The van der Waals surface area contributed by atoms with Crippen molar-refractivity contribution in [1.29, 1.82) is 0 Å². The van der Waals surface area contributed by atoms with E-state index in [2.05, 4.69) is 46.8 Å². The molecular weight excluding hydrogens is 465 g/mol. The van der Waals surface area contributed by atoms with E-state index >= 15 is 0 Å². The number of nitrogens with zero attached hydrogens (tertiary/aromatic N) is 1. The van der Waals surface area contributed by atoms with Crippen LogP contribution in [0.15, 0.2) is 53.5 Å². The third kappa shape index (κ3) is 3.92. The van der Waals surface area contributed by atoms with E-state index in [9.17, 15) is 0 Å². The first-order chi connectivity index (χ1) is 13.2. The summed E-state index contributed by atoms with van der Waals surface area (Å²) in [6, 6.07) is 17.0. The van der Waals surface area contributed by atoms with Gasteiger partial charge in [0.2, 0.25) is 0 Å². The van der Waals surface area contributed by atoms with E-state index in [1.165, 1.54) is 11.1 Å². The lowest BCUT2D eigenvalue weighted by Gasteiger charge is -2.28. The second-order valence-corrected chi connectivity index (χ2v) is 7.46. The summed E-state index contributed by atoms with van der Waals surface area (Å²) >= 11 is 0. The lowest BCUT2D eigenvalue weighted by molar-refractivity contribution is 0.261. The lowest BCUT2D eigenvalue weighted by atomic mass is 9.96. The fourth-order valence-corrected chi connectivity index (χ4v) is 3.98. The summed E-state index contributed by atoms with van der Waals surface area (Å²) in [7, 11) is 3.56. The Balaban J connectivity index is 0.00000225. The van der Waals surface area contributed by atoms with Gasteiger partial charge in [-0.3, -0.25) is 4.99 Å². The van der Waals surface area contributed by atoms with Crippen molar-refractivity contribution >= 4 is 29.9 Å². The third-order valence-electron chi connectivity index (χ3n) is 5.76. The summed E-state index contributed by atoms with van der Waals surface area (Å²) in [5, 5.41) is 7.18. The van der Waals surface area contributed by atoms with Gasteiger partial charge in [-0.15, -0.1) is 24.0 Å². The zero-order valence-electron chi connectivity index (χ0n) is 16.6. The van der Waals surface area contributed by atoms with E-state index in [-0.39, 0.29) is 35.4 Å². The van der Waals surface area contributed by atoms with Crippen LogP contribution in [0.2, 0.25) is 0 Å². The summed E-state index contributed by atoms with van der Waals surface area (Å²) in [6.07, 6.45) is 1.98. The molecule has 3 unspecified atom stereocenters. The number of ether oxygens (including phenoxy) is 2. The molecule has 0 amide bonds. The van der Waals surface area contributed by atoms with Crippen molar-refractivity contribution in [1.82, 2.24) is 10.6 Å². The van der Waals surface area contributed by atoms with Crippen LogP contribution >= 0.6 is 24.0 Å². The van der Waals surface area contributed by atoms with Gasteiger partial charge in [-0.25, -0.2) is 0 Å². The molecule has 150 valence electrons. The number of halogens is 1. The van der Waals surface area contributed by atoms with E-state index in [4.69, 9.17) is 9.47 Å². The molecule has 2 aromatic rings. The Morgan fingerprint density at radius 1 is 1.14 bits per heavy atom. The van der Waals surface area contributed by atoms with Crippen molar-refractivity contribution in [2.75, 3.05) is 20.8 Å². The van der Waals surface area contributed by atoms with Crippen LogP contribution in [-0.4, -0.2) is 32.8 Å². The molecule has 28 heavy (non-hydrogen) atoms. The average Bonchev–Trinajstić information content (AvgIpc) is 3.38. The molecule has 2 aliphatic rings. The van der Waals surface area contributed by atoms with E-state index in [0.29, 0.717) is 12.6 Å². The standard InChI is InChI=1S/C22H27N3O2.HI/c1-22(16-9-5-7-11-19(16)26-3)14-20(22)25-21(23-2)24-17-12-13-27-18-10-6-4-8-15(17)18;/h4-11,17,20H,12-14H2,1-3H3,(H2,23,24,25);1H. The molecule has 0 spiro atoms. The number of aliphatic imine (C=N–C) groups is 1. The molecule has 2 N–H and O–H groups in total. The summed E-state index contributed by atoms with van der Waals surface area (Å²) in [6.45, 7) is 2.99. The highest BCUT2D eigenvalue weighted by Gasteiger charge is 2.53. The van der Waals surface area contributed by atoms with Crippen molar-refractivity contribution in [3.8, 4) is 11.5 Å². The lowest BCUT2D eigenvalue weighted by Crippen LogP contribution is -2.43. The van der Waals surface area contributed by atoms with Gasteiger partial charge in [0.15, 0.2) is 5.96 Å². The first kappa shape index (κ1) is 20.8. The molecule has 0 saturated heterocycles. The zero-order valence-corrected chi connectivity index (χ0v) is 18.9. The highest BCUT2D eigenvalue weighted by molar-refractivity contribution is 14.0. The van der Waals surface area contributed by atoms with Crippen LogP contribution < -0.4 is 20.1 Å². The molecule has 4 rings (SSSR count). The van der Waals surface area contributed by atoms with Gasteiger partial charge in [-0.1, -0.05) is 43.3 Å². The monoisotopic (exact) mass is 493 g/mol. The molecule has 0 aromatic heterocycles. The van der Waals surface area contributed by atoms with E-state index < -0.39 is 0 Å². The molecule has 1 aliphatic heterocycles. The fourth-order valence-electron chi connectivity index (χ4n) is 3.98. The Kier molecular flexibility index (Phi) is 6.37. The normalized spacial score (nSPS) is 25.6. The van der Waals surface area contributed by atoms with Crippen LogP contribution in [0.25, 0.3) is 0 Å². The van der Waals surface area contributed by atoms with Gasteiger partial charge in [0.25, 0.3) is 0 Å². The Bertz CT molecular complexity index is 857. The molecule has 6 heteroatoms. The number of para-hydroxylation sites is 2. The summed E-state index contributed by atoms with van der Waals surface area (Å²) in [5.41, 5.74) is 2.49. The first-order valence-corrected chi connectivity index (χ1v) is 9.51. The fraction of sp³-hybridized carbons (Fsp3) is 0.409. The Morgan fingerprint density at radius 3 is 2.68 bits per heavy atom. The minimum atomic E-state index is 0. The predicted molar refractivity (Wildman–Crippen MR) is 123 cm³/mol. The van der Waals surface area contributed by atoms with Crippen molar-refractivity contribution in [3.05, 3.63) is 59.7 Å². The smallest absolute Gasteiger partial charge is 0.191 e. The maximum Gasteiger partial charge on any atom is 0.191 e. The number of nitrogens with one attached hydrogen (secondary N) is 2. The molecule has 0 bridgehead atoms. The molecular formula is C22H28IN3O2. The third-order valence-corrected chi connectivity index (χ3v) is 5.76. The molecule has 0 radical (unpaired) electrons. The van der Waals surface area contributed by atoms with Gasteiger partial charge < -0.3 is 20.1 Å². The topological polar surface area (TPSA) is 54.9 Å². The summed E-state index contributed by atoms with van der Waals surface area (Å²) in [5.74, 6) is 2.74. The maximum atomic E-state index is 5.76. The van der Waals surface area contributed by atoms with Crippen molar-refractivity contribution < 1.29 is 9.47 Å². The van der Waals surface area contributed by atoms with Gasteiger partial charge in [0.05, 0.1) is 19.8 Å². The molecule has 5 nitrogen and oxygen atoms in total. The molecule has 1 heterocycles. The summed E-state index contributed by atoms with van der Waals surface area (Å²) in [4.78, 5) is 4.46. The van der Waals surface area contributed by atoms with E-state index in [1.54, 1.807) is 7.11 Å². The largest absolute Gasteiger partial charge is 0.496 e. The van der Waals surface area contributed by atoms with Gasteiger partial charge in [0, 0.05) is 36.1 Å². The number of rotatable bonds is 4. The summed E-state index contributed by atoms with van der Waals surface area (Å²) < 4.78 is 11.3. The van der Waals surface area contributed by atoms with Crippen molar-refractivity contribution in [2.45, 2.75) is 37.3 Å². The Hall–Kier alpha value is -1.96. The maximum absolute atomic E-state index is 5.76. The van der Waals surface area contributed by atoms with Crippen molar-refractivity contribution in [2.24, 2.45) is 4.99 Å². The van der Waals surface area contributed by atoms with Crippen LogP contribution in [0.4, 0.5) is 0 Å². The SMILES string of the molecule is CN=C(NC1CCOc2ccccc21)NC1CC1(C)c1ccccc1OC.I. The zero-order chi connectivity index (χ0) is 18.9. The predicted octanol–water partition coefficient (Wildman–Crippen LogP) is 4.03. The van der Waals surface area contributed by atoms with E-state index in [1.807, 2.05) is 31.3 Å². The van der Waals surface area contributed by atoms with E-state index in [0.717, 1.165) is 30.3 Å². The van der Waals surface area contributed by atoms with Crippen LogP contribution in [0.1, 0.15) is 36.9 Å². The van der Waals surface area contributed by atoms with Gasteiger partial charge >= 0.3 is 0 Å². The number of methoxy groups -OCH3 is 1. The molecule has 2 aromatic carbocycles. The van der Waals surface area contributed by atoms with Crippen molar-refractivity contribution in [3.63, 3.8) is 0 Å². The highest BCUT2D eigenvalue weighted by Crippen LogP contribution is 2.51. The molecule has 3 atom stereocenters. The molecule has 1 fully saturated rings. The van der Waals surface area contributed by atoms with Gasteiger partial charge in [-0.2, -0.15) is 0 Å². The first-order valence-electron chi connectivity index (χ1n) is 9.51. The molecule has 1 saturated carbocycles. The number of guanidine groups is 1. The minimum absolute atomic E-state index is 0. The van der Waals surface area contributed by atoms with Crippen LogP contribution in [0, 0.1) is 0 Å². The minimum Gasteiger partial charge on any atom is -0.496 e. The Labute approximate surface area is 183 Å². The molecule has 1 aliphatic carbocycles. The highest BCUT2D eigenvalue weighted by atomic mass is 127. The van der Waals surface area contributed by atoms with Crippen LogP contribution in [0.3, 0.4) is 0 Å². The average molecular weight is 493 g/mol. The number of fused-ring (bicyclic) bond motifs is 1. The number of benzene rings is 2. The quantitative estimate of drug-likeness (QED) is 0.384. The van der Waals surface area contributed by atoms with Crippen LogP contribution in [-0.2, 0) is 5.41 Å².